The highest BCUT2D eigenvalue weighted by Crippen LogP contribution is 2.31. The third-order valence-electron chi connectivity index (χ3n) is 3.04. The summed E-state index contributed by atoms with van der Waals surface area (Å²) in [6.45, 7) is 3.48. The number of benzene rings is 1. The van der Waals surface area contributed by atoms with Crippen molar-refractivity contribution in [3.63, 3.8) is 0 Å². The van der Waals surface area contributed by atoms with Gasteiger partial charge in [0.2, 0.25) is 6.41 Å². The number of carboxylic acids is 1. The summed E-state index contributed by atoms with van der Waals surface area (Å²) >= 11 is 5.87. The topological polar surface area (TPSA) is 57.6 Å². The standard InChI is InChI=1S/C13H15ClFNO3/c1-3-8(2)11(13(18)19)16(7-17)12-9(14)5-4-6-10(12)15/h4-8,11H,3H2,1-2H3,(H,18,19). The summed E-state index contributed by atoms with van der Waals surface area (Å²) in [5, 5.41) is 9.25. The van der Waals surface area contributed by atoms with Crippen molar-refractivity contribution in [3.8, 4) is 0 Å². The lowest BCUT2D eigenvalue weighted by Gasteiger charge is -2.30. The second kappa shape index (κ2) is 6.52. The van der Waals surface area contributed by atoms with Gasteiger partial charge in [-0.1, -0.05) is 37.9 Å². The number of halogens is 2. The van der Waals surface area contributed by atoms with Crippen molar-refractivity contribution in [2.75, 3.05) is 4.90 Å². The van der Waals surface area contributed by atoms with Gasteiger partial charge in [-0.15, -0.1) is 0 Å². The largest absolute Gasteiger partial charge is 0.480 e. The van der Waals surface area contributed by atoms with Crippen LogP contribution in [0.25, 0.3) is 0 Å². The van der Waals surface area contributed by atoms with Gasteiger partial charge in [-0.05, 0) is 18.1 Å². The van der Waals surface area contributed by atoms with E-state index in [0.29, 0.717) is 12.8 Å². The van der Waals surface area contributed by atoms with E-state index >= 15 is 0 Å². The molecular weight excluding hydrogens is 273 g/mol. The van der Waals surface area contributed by atoms with Gasteiger partial charge < -0.3 is 5.11 Å². The first kappa shape index (κ1) is 15.4. The van der Waals surface area contributed by atoms with Crippen molar-refractivity contribution in [1.29, 1.82) is 0 Å². The van der Waals surface area contributed by atoms with E-state index in [9.17, 15) is 19.1 Å². The first-order chi connectivity index (χ1) is 8.93. The fourth-order valence-electron chi connectivity index (χ4n) is 1.85. The van der Waals surface area contributed by atoms with E-state index in [1.807, 2.05) is 0 Å². The zero-order valence-corrected chi connectivity index (χ0v) is 11.4. The molecule has 6 heteroatoms. The maximum Gasteiger partial charge on any atom is 0.327 e. The first-order valence-electron chi connectivity index (χ1n) is 5.84. The zero-order chi connectivity index (χ0) is 14.6. The number of carbonyl (C=O) groups is 2. The molecule has 1 aromatic rings. The predicted octanol–water partition coefficient (Wildman–Crippen LogP) is 2.94. The number of amides is 1. The van der Waals surface area contributed by atoms with Gasteiger partial charge in [0.15, 0.2) is 0 Å². The molecule has 0 aliphatic rings. The molecule has 0 fully saturated rings. The Bertz CT molecular complexity index is 461. The molecule has 19 heavy (non-hydrogen) atoms. The number of aliphatic carboxylic acids is 1. The molecule has 0 aliphatic heterocycles. The molecule has 0 spiro atoms. The van der Waals surface area contributed by atoms with Crippen LogP contribution in [0, 0.1) is 11.7 Å². The molecule has 0 aromatic heterocycles. The van der Waals surface area contributed by atoms with Crippen LogP contribution in [-0.2, 0) is 9.59 Å². The summed E-state index contributed by atoms with van der Waals surface area (Å²) in [5.41, 5.74) is -0.202. The Kier molecular flexibility index (Phi) is 5.30. The number of para-hydroxylation sites is 1. The minimum Gasteiger partial charge on any atom is -0.480 e. The van der Waals surface area contributed by atoms with Gasteiger partial charge in [0.1, 0.15) is 11.9 Å². The maximum atomic E-state index is 13.8. The predicted molar refractivity (Wildman–Crippen MR) is 70.8 cm³/mol. The Morgan fingerprint density at radius 2 is 2.21 bits per heavy atom. The fourth-order valence-corrected chi connectivity index (χ4v) is 2.11. The molecule has 0 aliphatic carbocycles. The molecule has 1 rings (SSSR count). The second-order valence-electron chi connectivity index (χ2n) is 4.25. The molecule has 104 valence electrons. The van der Waals surface area contributed by atoms with E-state index in [4.69, 9.17) is 11.6 Å². The minimum atomic E-state index is -1.19. The number of carboxylic acid groups (broad SMARTS) is 1. The molecule has 1 N–H and O–H groups in total. The summed E-state index contributed by atoms with van der Waals surface area (Å²) in [6, 6.07) is 2.78. The number of hydrogen-bond donors (Lipinski definition) is 1. The van der Waals surface area contributed by atoms with Crippen molar-refractivity contribution >= 4 is 29.7 Å². The van der Waals surface area contributed by atoms with Gasteiger partial charge in [0.05, 0.1) is 10.7 Å². The average Bonchev–Trinajstić information content (AvgIpc) is 2.36. The summed E-state index contributed by atoms with van der Waals surface area (Å²) < 4.78 is 13.8. The van der Waals surface area contributed by atoms with Gasteiger partial charge in [-0.3, -0.25) is 9.69 Å². The molecule has 1 amide bonds. The molecule has 0 bridgehead atoms. The van der Waals surface area contributed by atoms with Crippen molar-refractivity contribution < 1.29 is 19.1 Å². The third-order valence-corrected chi connectivity index (χ3v) is 3.35. The molecule has 0 heterocycles. The van der Waals surface area contributed by atoms with E-state index in [2.05, 4.69) is 0 Å². The fraction of sp³-hybridized carbons (Fsp3) is 0.385. The van der Waals surface area contributed by atoms with Crippen LogP contribution in [0.2, 0.25) is 5.02 Å². The third kappa shape index (κ3) is 3.23. The number of nitrogens with zero attached hydrogens (tertiary/aromatic N) is 1. The highest BCUT2D eigenvalue weighted by atomic mass is 35.5. The zero-order valence-electron chi connectivity index (χ0n) is 10.6. The van der Waals surface area contributed by atoms with Crippen molar-refractivity contribution in [3.05, 3.63) is 29.0 Å². The average molecular weight is 288 g/mol. The van der Waals surface area contributed by atoms with Gasteiger partial charge in [-0.25, -0.2) is 9.18 Å². The van der Waals surface area contributed by atoms with Gasteiger partial charge >= 0.3 is 5.97 Å². The van der Waals surface area contributed by atoms with E-state index in [0.717, 1.165) is 11.0 Å². The lowest BCUT2D eigenvalue weighted by Crippen LogP contribution is -2.45. The first-order valence-corrected chi connectivity index (χ1v) is 6.22. The van der Waals surface area contributed by atoms with Crippen LogP contribution in [0.4, 0.5) is 10.1 Å². The van der Waals surface area contributed by atoms with E-state index in [1.165, 1.54) is 12.1 Å². The maximum absolute atomic E-state index is 13.8. The van der Waals surface area contributed by atoms with Crippen LogP contribution < -0.4 is 4.90 Å². The monoisotopic (exact) mass is 287 g/mol. The summed E-state index contributed by atoms with van der Waals surface area (Å²) in [4.78, 5) is 23.4. The van der Waals surface area contributed by atoms with Crippen LogP contribution in [0.3, 0.4) is 0 Å². The van der Waals surface area contributed by atoms with Gasteiger partial charge in [0.25, 0.3) is 0 Å². The second-order valence-corrected chi connectivity index (χ2v) is 4.66. The lowest BCUT2D eigenvalue weighted by molar-refractivity contribution is -0.140. The summed E-state index contributed by atoms with van der Waals surface area (Å²) in [5.74, 6) is -2.26. The number of rotatable bonds is 6. The Balaban J connectivity index is 3.32. The SMILES string of the molecule is CCC(C)C(C(=O)O)N(C=O)c1c(F)cccc1Cl. The molecular formula is C13H15ClFNO3. The van der Waals surface area contributed by atoms with Crippen LogP contribution in [0.5, 0.6) is 0 Å². The molecule has 2 unspecified atom stereocenters. The molecule has 2 atom stereocenters. The normalized spacial score (nSPS) is 13.7. The van der Waals surface area contributed by atoms with Crippen LogP contribution >= 0.6 is 11.6 Å². The van der Waals surface area contributed by atoms with Crippen molar-refractivity contribution in [2.24, 2.45) is 5.92 Å². The van der Waals surface area contributed by atoms with E-state index < -0.39 is 17.8 Å². The Hall–Kier alpha value is -1.62. The molecule has 0 saturated heterocycles. The van der Waals surface area contributed by atoms with Crippen molar-refractivity contribution in [1.82, 2.24) is 0 Å². The Morgan fingerprint density at radius 3 is 2.63 bits per heavy atom. The van der Waals surface area contributed by atoms with Crippen LogP contribution in [0.1, 0.15) is 20.3 Å². The molecule has 1 aromatic carbocycles. The van der Waals surface area contributed by atoms with Crippen LogP contribution in [-0.4, -0.2) is 23.5 Å². The number of hydrogen-bond acceptors (Lipinski definition) is 2. The Labute approximate surface area is 115 Å². The smallest absolute Gasteiger partial charge is 0.327 e. The molecule has 4 nitrogen and oxygen atoms in total. The van der Waals surface area contributed by atoms with E-state index in [-0.39, 0.29) is 16.6 Å². The Morgan fingerprint density at radius 1 is 1.58 bits per heavy atom. The van der Waals surface area contributed by atoms with Gasteiger partial charge in [-0.2, -0.15) is 0 Å². The lowest BCUT2D eigenvalue weighted by atomic mass is 9.97. The highest BCUT2D eigenvalue weighted by Gasteiger charge is 2.32. The highest BCUT2D eigenvalue weighted by molar-refractivity contribution is 6.33. The summed E-state index contributed by atoms with van der Waals surface area (Å²) in [7, 11) is 0. The van der Waals surface area contributed by atoms with E-state index in [1.54, 1.807) is 13.8 Å². The molecule has 0 radical (unpaired) electrons. The number of carbonyl (C=O) groups excluding carboxylic acids is 1. The summed E-state index contributed by atoms with van der Waals surface area (Å²) in [6.07, 6.45) is 0.836. The van der Waals surface area contributed by atoms with Crippen molar-refractivity contribution in [2.45, 2.75) is 26.3 Å². The quantitative estimate of drug-likeness (QED) is 0.819. The van der Waals surface area contributed by atoms with Gasteiger partial charge in [0, 0.05) is 0 Å². The number of anilines is 1. The van der Waals surface area contributed by atoms with Crippen LogP contribution in [0.15, 0.2) is 18.2 Å². The molecule has 0 saturated carbocycles. The minimum absolute atomic E-state index is 0.00153.